The lowest BCUT2D eigenvalue weighted by molar-refractivity contribution is -0.158. The molecule has 28 heavy (non-hydrogen) atoms. The van der Waals surface area contributed by atoms with E-state index in [2.05, 4.69) is 13.0 Å². The van der Waals surface area contributed by atoms with Crippen LogP contribution in [0, 0.1) is 17.3 Å². The number of phenols is 1. The fraction of sp³-hybridized carbons (Fsp3) is 0.667. The van der Waals surface area contributed by atoms with E-state index >= 15 is 0 Å². The first-order valence-corrected chi connectivity index (χ1v) is 11.0. The molecule has 152 valence electrons. The zero-order valence-electron chi connectivity index (χ0n) is 17.1. The first-order valence-electron chi connectivity index (χ1n) is 11.0. The van der Waals surface area contributed by atoms with Crippen molar-refractivity contribution < 1.29 is 19.4 Å². The molecule has 5 atom stereocenters. The van der Waals surface area contributed by atoms with Gasteiger partial charge in [0.25, 0.3) is 0 Å². The van der Waals surface area contributed by atoms with E-state index in [9.17, 15) is 14.7 Å². The van der Waals surface area contributed by atoms with Crippen LogP contribution in [0.25, 0.3) is 0 Å². The van der Waals surface area contributed by atoms with Crippen molar-refractivity contribution in [3.63, 3.8) is 0 Å². The Morgan fingerprint density at radius 1 is 1.21 bits per heavy atom. The molecule has 2 saturated carbocycles. The first kappa shape index (κ1) is 19.5. The summed E-state index contributed by atoms with van der Waals surface area (Å²) in [5.41, 5.74) is 2.75. The number of aryl methyl sites for hydroxylation is 1. The van der Waals surface area contributed by atoms with Gasteiger partial charge in [-0.25, -0.2) is 0 Å². The number of aromatic hydroxyl groups is 1. The summed E-state index contributed by atoms with van der Waals surface area (Å²) in [5.74, 6) is 1.77. The molecule has 0 aliphatic heterocycles. The number of phenolic OH excluding ortho intramolecular Hbond substituents is 1. The lowest BCUT2D eigenvalue weighted by Gasteiger charge is -2.50. The van der Waals surface area contributed by atoms with Gasteiger partial charge in [-0.3, -0.25) is 9.59 Å². The van der Waals surface area contributed by atoms with Gasteiger partial charge in [0.2, 0.25) is 0 Å². The zero-order chi connectivity index (χ0) is 19.9. The van der Waals surface area contributed by atoms with E-state index in [1.807, 2.05) is 19.1 Å². The minimum absolute atomic E-state index is 0.0111. The summed E-state index contributed by atoms with van der Waals surface area (Å²) >= 11 is 0. The highest BCUT2D eigenvalue weighted by Gasteiger charge is 2.56. The number of Topliss-reactive ketones (excluding diaryl/α,β-unsaturated/α-hetero) is 1. The van der Waals surface area contributed by atoms with E-state index in [-0.39, 0.29) is 29.7 Å². The van der Waals surface area contributed by atoms with Crippen molar-refractivity contribution in [2.45, 2.75) is 83.7 Å². The SMILES string of the molecule is CCCC(=O)CC(=O)OC1CCC2C3CCc4cc(O)ccc4C3CCC12C. The number of fused-ring (bicyclic) bond motifs is 5. The molecular formula is C24H32O4. The number of ether oxygens (including phenoxy) is 1. The Balaban J connectivity index is 1.47. The molecule has 0 aromatic heterocycles. The minimum atomic E-state index is -0.336. The third kappa shape index (κ3) is 3.35. The molecule has 0 spiro atoms. The highest BCUT2D eigenvalue weighted by atomic mass is 16.5. The number of hydrogen-bond acceptors (Lipinski definition) is 4. The Morgan fingerprint density at radius 2 is 2.04 bits per heavy atom. The van der Waals surface area contributed by atoms with Crippen molar-refractivity contribution in [2.24, 2.45) is 17.3 Å². The van der Waals surface area contributed by atoms with Gasteiger partial charge < -0.3 is 9.84 Å². The third-order valence-electron chi connectivity index (χ3n) is 7.77. The van der Waals surface area contributed by atoms with Crippen molar-refractivity contribution in [2.75, 3.05) is 0 Å². The average Bonchev–Trinajstić information content (AvgIpc) is 2.97. The minimum Gasteiger partial charge on any atom is -0.508 e. The van der Waals surface area contributed by atoms with Crippen molar-refractivity contribution >= 4 is 11.8 Å². The monoisotopic (exact) mass is 384 g/mol. The van der Waals surface area contributed by atoms with Crippen LogP contribution in [0.4, 0.5) is 0 Å². The van der Waals surface area contributed by atoms with Crippen LogP contribution in [0.15, 0.2) is 18.2 Å². The van der Waals surface area contributed by atoms with Crippen molar-refractivity contribution in [1.29, 1.82) is 0 Å². The quantitative estimate of drug-likeness (QED) is 0.578. The van der Waals surface area contributed by atoms with E-state index in [0.717, 1.165) is 44.9 Å². The van der Waals surface area contributed by atoms with E-state index < -0.39 is 0 Å². The summed E-state index contributed by atoms with van der Waals surface area (Å²) < 4.78 is 5.87. The maximum absolute atomic E-state index is 12.3. The summed E-state index contributed by atoms with van der Waals surface area (Å²) in [6.45, 7) is 4.26. The molecule has 1 aromatic rings. The van der Waals surface area contributed by atoms with Gasteiger partial charge in [-0.05, 0) is 86.0 Å². The molecule has 3 aliphatic carbocycles. The molecule has 4 heteroatoms. The maximum atomic E-state index is 12.3. The number of esters is 1. The molecule has 4 rings (SSSR count). The van der Waals surface area contributed by atoms with Crippen LogP contribution in [0.2, 0.25) is 0 Å². The lowest BCUT2D eigenvalue weighted by atomic mass is 9.55. The van der Waals surface area contributed by atoms with Crippen LogP contribution >= 0.6 is 0 Å². The highest BCUT2D eigenvalue weighted by Crippen LogP contribution is 2.61. The second kappa shape index (κ2) is 7.53. The summed E-state index contributed by atoms with van der Waals surface area (Å²) in [4.78, 5) is 24.1. The average molecular weight is 385 g/mol. The molecular weight excluding hydrogens is 352 g/mol. The summed E-state index contributed by atoms with van der Waals surface area (Å²) in [5, 5.41) is 9.82. The van der Waals surface area contributed by atoms with Gasteiger partial charge in [0.1, 0.15) is 24.1 Å². The zero-order valence-corrected chi connectivity index (χ0v) is 17.1. The molecule has 0 saturated heterocycles. The second-order valence-corrected chi connectivity index (χ2v) is 9.36. The molecule has 4 nitrogen and oxygen atoms in total. The Bertz CT molecular complexity index is 770. The smallest absolute Gasteiger partial charge is 0.313 e. The largest absolute Gasteiger partial charge is 0.508 e. The maximum Gasteiger partial charge on any atom is 0.313 e. The standard InChI is InChI=1S/C24H32O4/c1-3-4-16(25)14-23(27)28-22-10-9-21-20-7-5-15-13-17(26)6-8-18(15)19(20)11-12-24(21,22)2/h6,8,13,19-22,26H,3-5,7,9-12,14H2,1-2H3. The number of carbonyl (C=O) groups is 2. The Kier molecular flexibility index (Phi) is 5.24. The molecule has 0 heterocycles. The summed E-state index contributed by atoms with van der Waals surface area (Å²) in [6, 6.07) is 5.88. The van der Waals surface area contributed by atoms with Gasteiger partial charge in [0, 0.05) is 11.8 Å². The molecule has 0 amide bonds. The topological polar surface area (TPSA) is 63.6 Å². The lowest BCUT2D eigenvalue weighted by Crippen LogP contribution is -2.45. The fourth-order valence-electron chi connectivity index (χ4n) is 6.44. The van der Waals surface area contributed by atoms with E-state index in [1.54, 1.807) is 0 Å². The normalized spacial score (nSPS) is 33.5. The molecule has 0 radical (unpaired) electrons. The van der Waals surface area contributed by atoms with Crippen molar-refractivity contribution in [3.8, 4) is 5.75 Å². The van der Waals surface area contributed by atoms with Crippen LogP contribution in [-0.4, -0.2) is 23.0 Å². The third-order valence-corrected chi connectivity index (χ3v) is 7.77. The number of benzene rings is 1. The molecule has 1 aromatic carbocycles. The van der Waals surface area contributed by atoms with E-state index in [0.29, 0.717) is 29.9 Å². The van der Waals surface area contributed by atoms with Crippen LogP contribution in [-0.2, 0) is 20.7 Å². The van der Waals surface area contributed by atoms with Gasteiger partial charge in [-0.1, -0.05) is 19.9 Å². The van der Waals surface area contributed by atoms with E-state index in [1.165, 1.54) is 11.1 Å². The van der Waals surface area contributed by atoms with Gasteiger partial charge in [0.15, 0.2) is 0 Å². The predicted octanol–water partition coefficient (Wildman–Crippen LogP) is 4.92. The van der Waals surface area contributed by atoms with Crippen LogP contribution in [0.1, 0.15) is 82.3 Å². The number of hydrogen-bond donors (Lipinski definition) is 1. The van der Waals surface area contributed by atoms with Crippen molar-refractivity contribution in [3.05, 3.63) is 29.3 Å². The van der Waals surface area contributed by atoms with Crippen LogP contribution < -0.4 is 0 Å². The Hall–Kier alpha value is -1.84. The second-order valence-electron chi connectivity index (χ2n) is 9.36. The molecule has 5 unspecified atom stereocenters. The molecule has 3 aliphatic rings. The number of carbonyl (C=O) groups excluding carboxylic acids is 2. The molecule has 1 N–H and O–H groups in total. The van der Waals surface area contributed by atoms with Crippen LogP contribution in [0.3, 0.4) is 0 Å². The number of rotatable bonds is 5. The number of ketones is 1. The Morgan fingerprint density at radius 3 is 2.82 bits per heavy atom. The van der Waals surface area contributed by atoms with Gasteiger partial charge in [-0.15, -0.1) is 0 Å². The first-order chi connectivity index (χ1) is 13.4. The van der Waals surface area contributed by atoms with Gasteiger partial charge in [0.05, 0.1) is 0 Å². The van der Waals surface area contributed by atoms with E-state index in [4.69, 9.17) is 4.74 Å². The fourth-order valence-corrected chi connectivity index (χ4v) is 6.44. The molecule has 0 bridgehead atoms. The molecule has 2 fully saturated rings. The van der Waals surface area contributed by atoms with Crippen LogP contribution in [0.5, 0.6) is 5.75 Å². The predicted molar refractivity (Wildman–Crippen MR) is 107 cm³/mol. The summed E-state index contributed by atoms with van der Waals surface area (Å²) in [6.07, 6.45) is 7.46. The van der Waals surface area contributed by atoms with Crippen molar-refractivity contribution in [1.82, 2.24) is 0 Å². The Labute approximate surface area is 167 Å². The van der Waals surface area contributed by atoms with Gasteiger partial charge in [-0.2, -0.15) is 0 Å². The van der Waals surface area contributed by atoms with Gasteiger partial charge >= 0.3 is 5.97 Å². The highest BCUT2D eigenvalue weighted by molar-refractivity contribution is 5.95. The summed E-state index contributed by atoms with van der Waals surface area (Å²) in [7, 11) is 0.